The number of hydrogen-bond acceptors (Lipinski definition) is 3. The summed E-state index contributed by atoms with van der Waals surface area (Å²) in [6.45, 7) is 0. The van der Waals surface area contributed by atoms with Gasteiger partial charge >= 0.3 is 12.1 Å². The Balaban J connectivity index is 1.74. The van der Waals surface area contributed by atoms with Crippen LogP contribution in [-0.4, -0.2) is 21.9 Å². The first-order valence-corrected chi connectivity index (χ1v) is 9.37. The molecule has 0 saturated carbocycles. The number of aromatic nitrogens is 2. The van der Waals surface area contributed by atoms with Gasteiger partial charge in [-0.3, -0.25) is 4.79 Å². The third kappa shape index (κ3) is 4.58. The van der Waals surface area contributed by atoms with E-state index in [0.29, 0.717) is 17.2 Å². The Hall–Kier alpha value is -4.07. The first kappa shape index (κ1) is 20.2. The van der Waals surface area contributed by atoms with E-state index >= 15 is 0 Å². The molecule has 0 spiro atoms. The highest BCUT2D eigenvalue weighted by molar-refractivity contribution is 5.98. The van der Waals surface area contributed by atoms with Crippen LogP contribution >= 0.6 is 0 Å². The molecule has 156 valence electrons. The van der Waals surface area contributed by atoms with Gasteiger partial charge in [-0.2, -0.15) is 18.3 Å². The number of rotatable bonds is 5. The maximum Gasteiger partial charge on any atom is 0.471 e. The molecule has 0 fully saturated rings. The number of alkyl halides is 3. The van der Waals surface area contributed by atoms with E-state index in [1.807, 2.05) is 66.0 Å². The minimum atomic E-state index is -4.99. The van der Waals surface area contributed by atoms with Gasteiger partial charge in [-0.1, -0.05) is 60.7 Å². The average Bonchev–Trinajstić information content (AvgIpc) is 3.19. The van der Waals surface area contributed by atoms with Crippen LogP contribution < -0.4 is 10.6 Å². The van der Waals surface area contributed by atoms with Crippen LogP contribution in [0.3, 0.4) is 0 Å². The maximum absolute atomic E-state index is 12.7. The quantitative estimate of drug-likeness (QED) is 0.428. The molecule has 1 heterocycles. The summed E-state index contributed by atoms with van der Waals surface area (Å²) in [4.78, 5) is 11.4. The molecule has 3 aromatic carbocycles. The number of carbonyl (C=O) groups is 1. The van der Waals surface area contributed by atoms with Gasteiger partial charge in [0, 0.05) is 11.6 Å². The van der Waals surface area contributed by atoms with Crippen molar-refractivity contribution in [3.63, 3.8) is 0 Å². The van der Waals surface area contributed by atoms with Crippen LogP contribution in [0.2, 0.25) is 0 Å². The van der Waals surface area contributed by atoms with Crippen molar-refractivity contribution in [1.29, 1.82) is 0 Å². The van der Waals surface area contributed by atoms with E-state index in [1.165, 1.54) is 6.07 Å². The molecule has 0 atom stereocenters. The lowest BCUT2D eigenvalue weighted by Gasteiger charge is -2.15. The van der Waals surface area contributed by atoms with Crippen LogP contribution in [0.1, 0.15) is 0 Å². The summed E-state index contributed by atoms with van der Waals surface area (Å²) >= 11 is 0. The molecule has 31 heavy (non-hydrogen) atoms. The highest BCUT2D eigenvalue weighted by atomic mass is 19.4. The van der Waals surface area contributed by atoms with Crippen molar-refractivity contribution in [3.05, 3.63) is 91.0 Å². The number of hydrogen-bond donors (Lipinski definition) is 2. The largest absolute Gasteiger partial charge is 0.471 e. The summed E-state index contributed by atoms with van der Waals surface area (Å²) in [5.74, 6) is -1.51. The Morgan fingerprint density at radius 3 is 2.03 bits per heavy atom. The highest BCUT2D eigenvalue weighted by Gasteiger charge is 2.39. The zero-order valence-corrected chi connectivity index (χ0v) is 16.1. The molecule has 4 aromatic rings. The molecule has 0 radical (unpaired) electrons. The van der Waals surface area contributed by atoms with Gasteiger partial charge in [0.1, 0.15) is 5.82 Å². The second-order valence-corrected chi connectivity index (χ2v) is 6.65. The smallest absolute Gasteiger partial charge is 0.338 e. The van der Waals surface area contributed by atoms with Gasteiger partial charge < -0.3 is 10.6 Å². The third-order valence-electron chi connectivity index (χ3n) is 4.48. The van der Waals surface area contributed by atoms with Crippen LogP contribution in [0.5, 0.6) is 0 Å². The third-order valence-corrected chi connectivity index (χ3v) is 4.48. The van der Waals surface area contributed by atoms with Crippen molar-refractivity contribution in [2.24, 2.45) is 0 Å². The first-order valence-electron chi connectivity index (χ1n) is 9.37. The summed E-state index contributed by atoms with van der Waals surface area (Å²) < 4.78 is 39.8. The molecule has 0 aliphatic rings. The van der Waals surface area contributed by atoms with Gasteiger partial charge in [0.05, 0.1) is 22.8 Å². The van der Waals surface area contributed by atoms with Crippen LogP contribution in [0.4, 0.5) is 30.4 Å². The lowest BCUT2D eigenvalue weighted by Crippen LogP contribution is -2.30. The molecule has 0 unspecified atom stereocenters. The molecule has 8 heteroatoms. The molecule has 0 aliphatic carbocycles. The predicted molar refractivity (Wildman–Crippen MR) is 113 cm³/mol. The molecule has 2 N–H and O–H groups in total. The standard InChI is InChI=1S/C23H17F3N4O/c24-23(25,26)22(31)28-19-14-8-7-13-18(19)27-21-15-20(16-9-3-1-4-10-16)29-30(21)17-11-5-2-6-12-17/h1-15,27H,(H,28,31). The highest BCUT2D eigenvalue weighted by Crippen LogP contribution is 2.31. The van der Waals surface area contributed by atoms with E-state index < -0.39 is 12.1 Å². The Morgan fingerprint density at radius 1 is 0.806 bits per heavy atom. The van der Waals surface area contributed by atoms with Gasteiger partial charge in [-0.15, -0.1) is 0 Å². The van der Waals surface area contributed by atoms with Crippen LogP contribution in [0, 0.1) is 0 Å². The number of nitrogens with one attached hydrogen (secondary N) is 2. The number of amides is 1. The number of nitrogens with zero attached hydrogens (tertiary/aromatic N) is 2. The number of para-hydroxylation sites is 3. The van der Waals surface area contributed by atoms with Crippen molar-refractivity contribution >= 4 is 23.1 Å². The van der Waals surface area contributed by atoms with E-state index in [9.17, 15) is 18.0 Å². The Bertz CT molecular complexity index is 1190. The summed E-state index contributed by atoms with van der Waals surface area (Å²) in [7, 11) is 0. The zero-order chi connectivity index (χ0) is 21.8. The summed E-state index contributed by atoms with van der Waals surface area (Å²) in [5.41, 5.74) is 2.65. The van der Waals surface area contributed by atoms with Gasteiger partial charge in [-0.25, -0.2) is 4.68 Å². The van der Waals surface area contributed by atoms with Crippen LogP contribution in [0.25, 0.3) is 16.9 Å². The number of carbonyl (C=O) groups excluding carboxylic acids is 1. The van der Waals surface area contributed by atoms with Gasteiger partial charge in [0.15, 0.2) is 0 Å². The monoisotopic (exact) mass is 422 g/mol. The second-order valence-electron chi connectivity index (χ2n) is 6.65. The minimum absolute atomic E-state index is 0.00639. The summed E-state index contributed by atoms with van der Waals surface area (Å²) in [6.07, 6.45) is -4.99. The second kappa shape index (κ2) is 8.35. The Morgan fingerprint density at radius 2 is 1.39 bits per heavy atom. The normalized spacial score (nSPS) is 11.2. The molecule has 5 nitrogen and oxygen atoms in total. The number of anilines is 3. The lowest BCUT2D eigenvalue weighted by atomic mass is 10.1. The Kier molecular flexibility index (Phi) is 5.44. The fourth-order valence-corrected chi connectivity index (χ4v) is 3.02. The molecular weight excluding hydrogens is 405 g/mol. The molecule has 4 rings (SSSR count). The van der Waals surface area contributed by atoms with E-state index in [0.717, 1.165) is 11.3 Å². The van der Waals surface area contributed by atoms with E-state index in [2.05, 4.69) is 10.4 Å². The maximum atomic E-state index is 12.7. The van der Waals surface area contributed by atoms with Gasteiger partial charge in [-0.05, 0) is 24.3 Å². The summed E-state index contributed by atoms with van der Waals surface area (Å²) in [5, 5.41) is 9.68. The molecule has 0 bridgehead atoms. The van der Waals surface area contributed by atoms with Crippen molar-refractivity contribution < 1.29 is 18.0 Å². The number of halogens is 3. The predicted octanol–water partition coefficient (Wildman–Crippen LogP) is 5.78. The van der Waals surface area contributed by atoms with Crippen molar-refractivity contribution in [1.82, 2.24) is 9.78 Å². The fourth-order valence-electron chi connectivity index (χ4n) is 3.02. The summed E-state index contributed by atoms with van der Waals surface area (Å²) in [6, 6.07) is 26.8. The van der Waals surface area contributed by atoms with E-state index in [4.69, 9.17) is 0 Å². The first-order chi connectivity index (χ1) is 14.9. The van der Waals surface area contributed by atoms with Crippen molar-refractivity contribution in [2.75, 3.05) is 10.6 Å². The SMILES string of the molecule is O=C(Nc1ccccc1Nc1cc(-c2ccccc2)nn1-c1ccccc1)C(F)(F)F. The van der Waals surface area contributed by atoms with E-state index in [1.54, 1.807) is 28.9 Å². The molecule has 1 aromatic heterocycles. The molecule has 0 saturated heterocycles. The fraction of sp³-hybridized carbons (Fsp3) is 0.0435. The van der Waals surface area contributed by atoms with Crippen molar-refractivity contribution in [3.8, 4) is 16.9 Å². The minimum Gasteiger partial charge on any atom is -0.338 e. The lowest BCUT2D eigenvalue weighted by molar-refractivity contribution is -0.167. The van der Waals surface area contributed by atoms with E-state index in [-0.39, 0.29) is 5.69 Å². The molecule has 0 aliphatic heterocycles. The van der Waals surface area contributed by atoms with Crippen LogP contribution in [-0.2, 0) is 4.79 Å². The van der Waals surface area contributed by atoms with Crippen LogP contribution in [0.15, 0.2) is 91.0 Å². The van der Waals surface area contributed by atoms with Gasteiger partial charge in [0.25, 0.3) is 0 Å². The molecular formula is C23H17F3N4O. The zero-order valence-electron chi connectivity index (χ0n) is 16.1. The molecule has 1 amide bonds. The van der Waals surface area contributed by atoms with Gasteiger partial charge in [0.2, 0.25) is 0 Å². The van der Waals surface area contributed by atoms with Crippen molar-refractivity contribution in [2.45, 2.75) is 6.18 Å². The number of benzene rings is 3. The topological polar surface area (TPSA) is 59.0 Å². The average molecular weight is 422 g/mol. The Labute approximate surface area is 176 Å².